The summed E-state index contributed by atoms with van der Waals surface area (Å²) in [6.45, 7) is 8.71. The van der Waals surface area contributed by atoms with Crippen molar-refractivity contribution in [1.82, 2.24) is 24.7 Å². The van der Waals surface area contributed by atoms with Gasteiger partial charge in [0.2, 0.25) is 5.91 Å². The number of amides is 3. The van der Waals surface area contributed by atoms with E-state index >= 15 is 0 Å². The molecule has 1 aromatic carbocycles. The van der Waals surface area contributed by atoms with Gasteiger partial charge in [-0.2, -0.15) is 0 Å². The van der Waals surface area contributed by atoms with E-state index in [0.29, 0.717) is 61.6 Å². The first kappa shape index (κ1) is 30.5. The van der Waals surface area contributed by atoms with Crippen molar-refractivity contribution in [3.8, 4) is 5.75 Å². The van der Waals surface area contributed by atoms with Crippen LogP contribution in [0.25, 0.3) is 0 Å². The number of aryl methyl sites for hydroxylation is 1. The normalized spacial score (nSPS) is 16.2. The molecular weight excluding hydrogens is 568 g/mol. The second kappa shape index (κ2) is 14.5. The highest BCUT2D eigenvalue weighted by atomic mass is 35.5. The van der Waals surface area contributed by atoms with E-state index in [1.54, 1.807) is 23.4 Å². The molecule has 43 heavy (non-hydrogen) atoms. The molecule has 0 spiro atoms. The van der Waals surface area contributed by atoms with E-state index in [1.807, 2.05) is 36.4 Å². The fraction of sp³-hybridized carbons (Fsp3) is 0.419. The molecule has 228 valence electrons. The van der Waals surface area contributed by atoms with Gasteiger partial charge in [-0.1, -0.05) is 18.5 Å². The number of pyridine rings is 2. The minimum Gasteiger partial charge on any atom is -0.485 e. The zero-order valence-electron chi connectivity index (χ0n) is 24.8. The topological polar surface area (TPSA) is 106 Å². The van der Waals surface area contributed by atoms with Gasteiger partial charge in [-0.3, -0.25) is 9.69 Å². The van der Waals surface area contributed by atoms with Crippen LogP contribution in [0.15, 0.2) is 54.9 Å². The molecule has 2 fully saturated rings. The number of carbonyl (C=O) groups excluding carboxylic acids is 2. The molecule has 0 saturated carbocycles. The van der Waals surface area contributed by atoms with Crippen LogP contribution in [0.2, 0.25) is 5.02 Å². The molecule has 0 radical (unpaired) electrons. The summed E-state index contributed by atoms with van der Waals surface area (Å²) in [7, 11) is 2.09. The average Bonchev–Trinajstić information content (AvgIpc) is 3.01. The van der Waals surface area contributed by atoms with Gasteiger partial charge in [0.1, 0.15) is 12.4 Å². The molecule has 2 aliphatic rings. The molecule has 3 amide bonds. The van der Waals surface area contributed by atoms with E-state index in [1.165, 1.54) is 0 Å². The van der Waals surface area contributed by atoms with Crippen LogP contribution in [0.5, 0.6) is 5.75 Å². The molecule has 2 N–H and O–H groups in total. The molecule has 0 unspecified atom stereocenters. The van der Waals surface area contributed by atoms with Gasteiger partial charge in [0.25, 0.3) is 0 Å². The number of nitrogens with one attached hydrogen (secondary N) is 2. The number of anilines is 3. The monoisotopic (exact) mass is 606 g/mol. The van der Waals surface area contributed by atoms with Gasteiger partial charge >= 0.3 is 6.03 Å². The van der Waals surface area contributed by atoms with E-state index in [2.05, 4.69) is 49.3 Å². The smallest absolute Gasteiger partial charge is 0.321 e. The number of rotatable bonds is 9. The van der Waals surface area contributed by atoms with Crippen LogP contribution in [0.1, 0.15) is 18.1 Å². The Morgan fingerprint density at radius 2 is 1.70 bits per heavy atom. The van der Waals surface area contributed by atoms with Gasteiger partial charge in [-0.05, 0) is 67.1 Å². The van der Waals surface area contributed by atoms with Gasteiger partial charge in [0.15, 0.2) is 11.6 Å². The van der Waals surface area contributed by atoms with Gasteiger partial charge in [0, 0.05) is 75.5 Å². The molecule has 0 atom stereocenters. The number of urea groups is 1. The van der Waals surface area contributed by atoms with E-state index in [-0.39, 0.29) is 11.9 Å². The summed E-state index contributed by atoms with van der Waals surface area (Å²) < 4.78 is 6.19. The molecule has 5 rings (SSSR count). The maximum atomic E-state index is 12.9. The van der Waals surface area contributed by atoms with E-state index in [0.717, 1.165) is 49.5 Å². The van der Waals surface area contributed by atoms with Crippen LogP contribution in [0.4, 0.5) is 22.1 Å². The Morgan fingerprint density at radius 1 is 0.907 bits per heavy atom. The Morgan fingerprint density at radius 3 is 2.47 bits per heavy atom. The highest BCUT2D eigenvalue weighted by Crippen LogP contribution is 2.28. The molecule has 0 bridgehead atoms. The second-order valence-corrected chi connectivity index (χ2v) is 11.3. The molecular formula is C31H39ClN8O3. The van der Waals surface area contributed by atoms with Crippen molar-refractivity contribution < 1.29 is 14.3 Å². The summed E-state index contributed by atoms with van der Waals surface area (Å²) in [4.78, 5) is 42.8. The van der Waals surface area contributed by atoms with Crippen LogP contribution in [-0.2, 0) is 17.8 Å². The highest BCUT2D eigenvalue weighted by molar-refractivity contribution is 6.31. The lowest BCUT2D eigenvalue weighted by Gasteiger charge is -2.35. The summed E-state index contributed by atoms with van der Waals surface area (Å²) in [6, 6.07) is 12.9. The standard InChI is InChI=1S/C31H39ClN8O3/c1-3-23-17-25(32)20-26(18-23)35-31(42)40-15-13-39(14-16-40)30-27(5-4-7-34-30)43-22-24-6-8-33-28(19-24)36-29(41)21-38-11-9-37(2)10-12-38/h4-8,17-20H,3,9-16,21-22H2,1-2H3,(H,35,42)(H,33,36,41). The zero-order chi connectivity index (χ0) is 30.2. The molecule has 2 aromatic heterocycles. The lowest BCUT2D eigenvalue weighted by Crippen LogP contribution is -2.50. The van der Waals surface area contributed by atoms with Crippen molar-refractivity contribution in [2.75, 3.05) is 81.5 Å². The summed E-state index contributed by atoms with van der Waals surface area (Å²) in [6.07, 6.45) is 4.25. The van der Waals surface area contributed by atoms with Crippen molar-refractivity contribution >= 4 is 40.9 Å². The Hall–Kier alpha value is -3.93. The first-order chi connectivity index (χ1) is 20.9. The third kappa shape index (κ3) is 8.56. The van der Waals surface area contributed by atoms with Gasteiger partial charge in [0.05, 0.1) is 6.54 Å². The fourth-order valence-electron chi connectivity index (χ4n) is 5.17. The Bertz CT molecular complexity index is 1410. The number of halogens is 1. The Kier molecular flexibility index (Phi) is 10.3. The number of hydrogen-bond acceptors (Lipinski definition) is 8. The number of aromatic nitrogens is 2. The quantitative estimate of drug-likeness (QED) is 0.379. The van der Waals surface area contributed by atoms with Crippen molar-refractivity contribution in [3.05, 3.63) is 71.0 Å². The van der Waals surface area contributed by atoms with Crippen LogP contribution >= 0.6 is 11.6 Å². The molecule has 12 heteroatoms. The largest absolute Gasteiger partial charge is 0.485 e. The molecule has 4 heterocycles. The predicted molar refractivity (Wildman–Crippen MR) is 169 cm³/mol. The lowest BCUT2D eigenvalue weighted by atomic mass is 10.1. The second-order valence-electron chi connectivity index (χ2n) is 10.9. The number of hydrogen-bond donors (Lipinski definition) is 2. The number of ether oxygens (including phenoxy) is 1. The molecule has 3 aromatic rings. The Labute approximate surface area is 257 Å². The third-order valence-electron chi connectivity index (χ3n) is 7.68. The first-order valence-corrected chi connectivity index (χ1v) is 15.1. The summed E-state index contributed by atoms with van der Waals surface area (Å²) in [5.74, 6) is 1.82. The molecule has 2 aliphatic heterocycles. The van der Waals surface area contributed by atoms with Crippen LogP contribution < -0.4 is 20.3 Å². The predicted octanol–water partition coefficient (Wildman–Crippen LogP) is 3.81. The summed E-state index contributed by atoms with van der Waals surface area (Å²) in [5, 5.41) is 6.50. The van der Waals surface area contributed by atoms with Crippen molar-refractivity contribution in [3.63, 3.8) is 0 Å². The van der Waals surface area contributed by atoms with Gasteiger partial charge in [-0.25, -0.2) is 14.8 Å². The molecule has 11 nitrogen and oxygen atoms in total. The minimum absolute atomic E-state index is 0.0734. The minimum atomic E-state index is -0.148. The van der Waals surface area contributed by atoms with Crippen LogP contribution in [0.3, 0.4) is 0 Å². The number of benzene rings is 1. The van der Waals surface area contributed by atoms with Crippen LogP contribution in [0, 0.1) is 0 Å². The maximum absolute atomic E-state index is 12.9. The van der Waals surface area contributed by atoms with Crippen molar-refractivity contribution in [2.24, 2.45) is 0 Å². The lowest BCUT2D eigenvalue weighted by molar-refractivity contribution is -0.117. The van der Waals surface area contributed by atoms with Gasteiger partial charge < -0.3 is 30.1 Å². The SMILES string of the molecule is CCc1cc(Cl)cc(NC(=O)N2CCN(c3ncccc3OCc3ccnc(NC(=O)CN4CCN(C)CC4)c3)CC2)c1. The van der Waals surface area contributed by atoms with Crippen LogP contribution in [-0.4, -0.2) is 103 Å². The number of nitrogens with zero attached hydrogens (tertiary/aromatic N) is 6. The summed E-state index contributed by atoms with van der Waals surface area (Å²) in [5.41, 5.74) is 2.66. The molecule has 0 aliphatic carbocycles. The zero-order valence-corrected chi connectivity index (χ0v) is 25.5. The van der Waals surface area contributed by atoms with E-state index < -0.39 is 0 Å². The number of likely N-dealkylation sites (N-methyl/N-ethyl adjacent to an activating group) is 1. The highest BCUT2D eigenvalue weighted by Gasteiger charge is 2.24. The Balaban J connectivity index is 1.13. The van der Waals surface area contributed by atoms with Crippen molar-refractivity contribution in [2.45, 2.75) is 20.0 Å². The average molecular weight is 607 g/mol. The maximum Gasteiger partial charge on any atom is 0.321 e. The number of carbonyl (C=O) groups is 2. The van der Waals surface area contributed by atoms with Gasteiger partial charge in [-0.15, -0.1) is 0 Å². The van der Waals surface area contributed by atoms with E-state index in [9.17, 15) is 9.59 Å². The first-order valence-electron chi connectivity index (χ1n) is 14.7. The fourth-order valence-corrected chi connectivity index (χ4v) is 5.43. The number of piperazine rings is 2. The van der Waals surface area contributed by atoms with E-state index in [4.69, 9.17) is 16.3 Å². The van der Waals surface area contributed by atoms with Crippen molar-refractivity contribution in [1.29, 1.82) is 0 Å². The summed E-state index contributed by atoms with van der Waals surface area (Å²) >= 11 is 6.22. The third-order valence-corrected chi connectivity index (χ3v) is 7.90. The molecule has 2 saturated heterocycles.